The lowest BCUT2D eigenvalue weighted by Gasteiger charge is -2.28. The van der Waals surface area contributed by atoms with Crippen molar-refractivity contribution in [3.8, 4) is 5.75 Å². The van der Waals surface area contributed by atoms with Gasteiger partial charge in [0, 0.05) is 29.8 Å². The van der Waals surface area contributed by atoms with Crippen molar-refractivity contribution in [1.82, 2.24) is 14.9 Å². The average molecular weight is 523 g/mol. The van der Waals surface area contributed by atoms with E-state index in [0.29, 0.717) is 11.2 Å². The van der Waals surface area contributed by atoms with E-state index in [-0.39, 0.29) is 12.1 Å². The molecule has 1 saturated heterocycles. The molecule has 2 aliphatic rings. The van der Waals surface area contributed by atoms with E-state index < -0.39 is 0 Å². The monoisotopic (exact) mass is 522 g/mol. The summed E-state index contributed by atoms with van der Waals surface area (Å²) in [6, 6.07) is 27.4. The van der Waals surface area contributed by atoms with E-state index in [2.05, 4.69) is 95.4 Å². The molecule has 1 aliphatic carbocycles. The van der Waals surface area contributed by atoms with Crippen molar-refractivity contribution in [1.29, 1.82) is 0 Å². The van der Waals surface area contributed by atoms with Crippen LogP contribution in [-0.4, -0.2) is 20.8 Å². The third kappa shape index (κ3) is 4.81. The number of benzene rings is 2. The summed E-state index contributed by atoms with van der Waals surface area (Å²) in [6.45, 7) is 5.25. The highest BCUT2D eigenvalue weighted by molar-refractivity contribution is 7.80. The zero-order chi connectivity index (χ0) is 26.1. The number of aromatic nitrogens is 2. The zero-order valence-corrected chi connectivity index (χ0v) is 22.8. The van der Waals surface area contributed by atoms with Crippen LogP contribution in [0.3, 0.4) is 0 Å². The third-order valence-corrected chi connectivity index (χ3v) is 8.25. The van der Waals surface area contributed by atoms with Crippen LogP contribution in [0.2, 0.25) is 0 Å². The molecule has 2 aromatic carbocycles. The van der Waals surface area contributed by atoms with Gasteiger partial charge >= 0.3 is 0 Å². The number of hydrogen-bond acceptors (Lipinski definition) is 3. The van der Waals surface area contributed by atoms with Crippen molar-refractivity contribution in [2.75, 3.05) is 4.90 Å². The summed E-state index contributed by atoms with van der Waals surface area (Å²) in [6.07, 6.45) is 7.01. The maximum Gasteiger partial charge on any atom is 0.174 e. The number of hydrogen-bond donors (Lipinski definition) is 1. The van der Waals surface area contributed by atoms with Gasteiger partial charge in [0.2, 0.25) is 0 Å². The fourth-order valence-electron chi connectivity index (χ4n) is 5.97. The maximum absolute atomic E-state index is 6.24. The Morgan fingerprint density at radius 3 is 2.39 bits per heavy atom. The Hall–Kier alpha value is -3.64. The van der Waals surface area contributed by atoms with Crippen LogP contribution in [0.5, 0.6) is 5.75 Å². The summed E-state index contributed by atoms with van der Waals surface area (Å²) in [4.78, 5) is 6.97. The molecular weight excluding hydrogens is 488 g/mol. The molecular formula is C32H34N4OS. The van der Waals surface area contributed by atoms with Crippen LogP contribution in [0.1, 0.15) is 66.0 Å². The SMILES string of the molecule is Cc1cc([C@H]2[C@@H](c3ccccn3)NC(=S)N2c2ccc(OC3CCCC3)cc2)c(C)n1Cc1ccccc1. The van der Waals surface area contributed by atoms with E-state index in [0.717, 1.165) is 36.5 Å². The van der Waals surface area contributed by atoms with E-state index in [4.69, 9.17) is 21.9 Å². The van der Waals surface area contributed by atoms with Gasteiger partial charge in [-0.1, -0.05) is 36.4 Å². The normalized spacial score (nSPS) is 19.6. The standard InChI is InChI=1S/C32H34N4OS/c1-22-20-28(23(2)35(22)21-24-10-4-3-5-11-24)31-30(29-14-8-9-19-33-29)34-32(38)36(31)25-15-17-27(18-16-25)37-26-12-6-7-13-26/h3-5,8-11,14-20,26,30-31H,6-7,12-13,21H2,1-2H3,(H,34,38)/t30-,31+/m1/s1. The van der Waals surface area contributed by atoms with Gasteiger partial charge < -0.3 is 19.5 Å². The highest BCUT2D eigenvalue weighted by Gasteiger charge is 2.42. The zero-order valence-electron chi connectivity index (χ0n) is 22.0. The topological polar surface area (TPSA) is 42.3 Å². The van der Waals surface area contributed by atoms with E-state index in [1.165, 1.54) is 35.4 Å². The van der Waals surface area contributed by atoms with Gasteiger partial charge in [-0.15, -0.1) is 0 Å². The number of aryl methyl sites for hydroxylation is 1. The summed E-state index contributed by atoms with van der Waals surface area (Å²) in [5, 5.41) is 4.31. The molecule has 1 aliphatic heterocycles. The fraction of sp³-hybridized carbons (Fsp3) is 0.312. The lowest BCUT2D eigenvalue weighted by molar-refractivity contribution is 0.210. The van der Waals surface area contributed by atoms with E-state index in [1.807, 2.05) is 18.3 Å². The lowest BCUT2D eigenvalue weighted by Crippen LogP contribution is -2.29. The Morgan fingerprint density at radius 2 is 1.68 bits per heavy atom. The van der Waals surface area contributed by atoms with Crippen LogP contribution >= 0.6 is 12.2 Å². The molecule has 0 bridgehead atoms. The molecule has 0 radical (unpaired) electrons. The highest BCUT2D eigenvalue weighted by Crippen LogP contribution is 2.43. The highest BCUT2D eigenvalue weighted by atomic mass is 32.1. The molecule has 3 heterocycles. The number of thiocarbonyl (C=S) groups is 1. The van der Waals surface area contributed by atoms with Gasteiger partial charge in [0.15, 0.2) is 5.11 Å². The minimum Gasteiger partial charge on any atom is -0.490 e. The molecule has 6 rings (SSSR count). The summed E-state index contributed by atoms with van der Waals surface area (Å²) < 4.78 is 8.64. The molecule has 2 aromatic heterocycles. The van der Waals surface area contributed by atoms with Crippen molar-refractivity contribution < 1.29 is 4.74 Å². The fourth-order valence-corrected chi connectivity index (χ4v) is 6.32. The Morgan fingerprint density at radius 1 is 0.947 bits per heavy atom. The van der Waals surface area contributed by atoms with Crippen LogP contribution in [0.4, 0.5) is 5.69 Å². The Balaban J connectivity index is 1.37. The number of anilines is 1. The molecule has 2 atom stereocenters. The number of nitrogens with one attached hydrogen (secondary N) is 1. The van der Waals surface area contributed by atoms with Crippen molar-refractivity contribution in [2.45, 2.75) is 64.3 Å². The van der Waals surface area contributed by atoms with Gasteiger partial charge in [-0.2, -0.15) is 0 Å². The molecule has 2 fully saturated rings. The summed E-state index contributed by atoms with van der Waals surface area (Å²) >= 11 is 5.96. The second kappa shape index (κ2) is 10.6. The Labute approximate surface area is 230 Å². The lowest BCUT2D eigenvalue weighted by atomic mass is 9.96. The number of nitrogens with zero attached hydrogens (tertiary/aromatic N) is 3. The van der Waals surface area contributed by atoms with E-state index in [9.17, 15) is 0 Å². The van der Waals surface area contributed by atoms with Crippen LogP contribution < -0.4 is 15.0 Å². The first-order chi connectivity index (χ1) is 18.6. The van der Waals surface area contributed by atoms with Crippen LogP contribution in [0, 0.1) is 13.8 Å². The van der Waals surface area contributed by atoms with Crippen LogP contribution in [0.25, 0.3) is 0 Å². The molecule has 1 N–H and O–H groups in total. The third-order valence-electron chi connectivity index (χ3n) is 7.93. The molecule has 6 heteroatoms. The van der Waals surface area contributed by atoms with Gasteiger partial charge in [-0.25, -0.2) is 0 Å². The van der Waals surface area contributed by atoms with Crippen molar-refractivity contribution in [3.05, 3.63) is 113 Å². The molecule has 1 saturated carbocycles. The van der Waals surface area contributed by atoms with Crippen molar-refractivity contribution in [3.63, 3.8) is 0 Å². The molecule has 0 spiro atoms. The first-order valence-corrected chi connectivity index (χ1v) is 14.0. The van der Waals surface area contributed by atoms with Gasteiger partial charge in [0.25, 0.3) is 0 Å². The summed E-state index contributed by atoms with van der Waals surface area (Å²) in [5.74, 6) is 0.928. The van der Waals surface area contributed by atoms with E-state index in [1.54, 1.807) is 0 Å². The average Bonchev–Trinajstić information content (AvgIpc) is 3.65. The summed E-state index contributed by atoms with van der Waals surface area (Å²) in [5.41, 5.74) is 7.06. The Kier molecular flexibility index (Phi) is 6.90. The van der Waals surface area contributed by atoms with E-state index >= 15 is 0 Å². The Bertz CT molecular complexity index is 1390. The molecule has 38 heavy (non-hydrogen) atoms. The molecule has 0 amide bonds. The molecule has 5 nitrogen and oxygen atoms in total. The molecule has 4 aromatic rings. The molecule has 194 valence electrons. The predicted octanol–water partition coefficient (Wildman–Crippen LogP) is 7.05. The van der Waals surface area contributed by atoms with Crippen molar-refractivity contribution in [2.24, 2.45) is 0 Å². The van der Waals surface area contributed by atoms with Crippen LogP contribution in [-0.2, 0) is 6.54 Å². The smallest absolute Gasteiger partial charge is 0.174 e. The minimum absolute atomic E-state index is 0.0327. The first-order valence-electron chi connectivity index (χ1n) is 13.6. The number of pyridine rings is 1. The van der Waals surface area contributed by atoms with Gasteiger partial charge in [-0.3, -0.25) is 4.98 Å². The maximum atomic E-state index is 6.24. The second-order valence-electron chi connectivity index (χ2n) is 10.4. The van der Waals surface area contributed by atoms with Gasteiger partial charge in [0.05, 0.1) is 23.9 Å². The summed E-state index contributed by atoms with van der Waals surface area (Å²) in [7, 11) is 0. The molecule has 0 unspecified atom stereocenters. The minimum atomic E-state index is -0.0659. The number of ether oxygens (including phenoxy) is 1. The van der Waals surface area contributed by atoms with Gasteiger partial charge in [-0.05, 0) is 105 Å². The second-order valence-corrected chi connectivity index (χ2v) is 10.8. The van der Waals surface area contributed by atoms with Gasteiger partial charge in [0.1, 0.15) is 5.75 Å². The number of rotatable bonds is 7. The van der Waals surface area contributed by atoms with Crippen molar-refractivity contribution >= 4 is 23.0 Å². The van der Waals surface area contributed by atoms with Crippen LogP contribution in [0.15, 0.2) is 85.1 Å². The quantitative estimate of drug-likeness (QED) is 0.264. The largest absolute Gasteiger partial charge is 0.490 e. The predicted molar refractivity (Wildman–Crippen MR) is 157 cm³/mol. The first kappa shape index (κ1) is 24.7.